The Morgan fingerprint density at radius 2 is 1.40 bits per heavy atom. The van der Waals surface area contributed by atoms with Crippen LogP contribution in [0.1, 0.15) is 41.5 Å². The SMILES string of the molecule is CC(C)[Si](C#C/C=N/O)(C(C)C)C(C)C. The van der Waals surface area contributed by atoms with Gasteiger partial charge in [-0.3, -0.25) is 0 Å². The van der Waals surface area contributed by atoms with Gasteiger partial charge in [0, 0.05) is 0 Å². The summed E-state index contributed by atoms with van der Waals surface area (Å²) in [6, 6.07) is 0. The summed E-state index contributed by atoms with van der Waals surface area (Å²) in [4.78, 5) is 0. The second-order valence-electron chi connectivity index (χ2n) is 4.91. The van der Waals surface area contributed by atoms with Crippen LogP contribution in [0, 0.1) is 11.5 Å². The van der Waals surface area contributed by atoms with E-state index in [0.717, 1.165) is 0 Å². The second-order valence-corrected chi connectivity index (χ2v) is 10.5. The Morgan fingerprint density at radius 1 is 1.00 bits per heavy atom. The Kier molecular flexibility index (Phi) is 5.67. The molecule has 3 heteroatoms. The van der Waals surface area contributed by atoms with Gasteiger partial charge in [-0.2, -0.15) is 0 Å². The molecule has 86 valence electrons. The first-order chi connectivity index (χ1) is 6.89. The Morgan fingerprint density at radius 3 is 1.67 bits per heavy atom. The molecule has 0 aliphatic carbocycles. The topological polar surface area (TPSA) is 32.6 Å². The summed E-state index contributed by atoms with van der Waals surface area (Å²) in [5.74, 6) is 2.89. The highest BCUT2D eigenvalue weighted by Gasteiger charge is 2.41. The van der Waals surface area contributed by atoms with Crippen LogP contribution >= 0.6 is 0 Å². The normalized spacial score (nSPS) is 12.6. The lowest BCUT2D eigenvalue weighted by Gasteiger charge is -2.37. The van der Waals surface area contributed by atoms with Crippen LogP contribution in [-0.4, -0.2) is 19.5 Å². The van der Waals surface area contributed by atoms with E-state index in [1.54, 1.807) is 0 Å². The quantitative estimate of drug-likeness (QED) is 0.257. The van der Waals surface area contributed by atoms with Gasteiger partial charge in [0.25, 0.3) is 0 Å². The van der Waals surface area contributed by atoms with E-state index in [1.807, 2.05) is 0 Å². The standard InChI is InChI=1S/C12H23NOSi/c1-10(2)15(11(3)4,12(5)6)9-7-8-13-14/h8,10-12,14H,1-6H3/b13-8+. The summed E-state index contributed by atoms with van der Waals surface area (Å²) < 4.78 is 0. The van der Waals surface area contributed by atoms with Crippen molar-refractivity contribution >= 4 is 14.3 Å². The maximum Gasteiger partial charge on any atom is 0.146 e. The van der Waals surface area contributed by atoms with Crippen LogP contribution in [0.4, 0.5) is 0 Å². The van der Waals surface area contributed by atoms with Gasteiger partial charge in [0.1, 0.15) is 14.3 Å². The number of rotatable bonds is 3. The second kappa shape index (κ2) is 5.97. The molecule has 0 radical (unpaired) electrons. The average molecular weight is 225 g/mol. The maximum atomic E-state index is 8.36. The molecule has 0 amide bonds. The smallest absolute Gasteiger partial charge is 0.146 e. The van der Waals surface area contributed by atoms with Gasteiger partial charge in [0.2, 0.25) is 0 Å². The molecular formula is C12H23NOSi. The van der Waals surface area contributed by atoms with Crippen molar-refractivity contribution in [2.24, 2.45) is 5.16 Å². The van der Waals surface area contributed by atoms with Crippen molar-refractivity contribution in [2.45, 2.75) is 58.2 Å². The minimum atomic E-state index is -1.63. The van der Waals surface area contributed by atoms with E-state index in [-0.39, 0.29) is 0 Å². The third-order valence-electron chi connectivity index (χ3n) is 3.28. The molecule has 0 saturated heterocycles. The Labute approximate surface area is 94.8 Å². The summed E-state index contributed by atoms with van der Waals surface area (Å²) in [6.45, 7) is 13.6. The summed E-state index contributed by atoms with van der Waals surface area (Å²) in [5.41, 5.74) is 5.28. The van der Waals surface area contributed by atoms with Crippen LogP contribution in [0.25, 0.3) is 0 Å². The van der Waals surface area contributed by atoms with E-state index in [2.05, 4.69) is 58.2 Å². The number of hydrogen-bond donors (Lipinski definition) is 1. The fourth-order valence-electron chi connectivity index (χ4n) is 2.62. The third-order valence-corrected chi connectivity index (χ3v) is 9.59. The van der Waals surface area contributed by atoms with Crippen LogP contribution < -0.4 is 0 Å². The monoisotopic (exact) mass is 225 g/mol. The van der Waals surface area contributed by atoms with Gasteiger partial charge in [-0.25, -0.2) is 0 Å². The zero-order valence-electron chi connectivity index (χ0n) is 10.7. The van der Waals surface area contributed by atoms with Crippen LogP contribution in [-0.2, 0) is 0 Å². The molecule has 0 spiro atoms. The lowest BCUT2D eigenvalue weighted by Crippen LogP contribution is -2.43. The van der Waals surface area contributed by atoms with Crippen molar-refractivity contribution in [1.82, 2.24) is 0 Å². The first kappa shape index (κ1) is 14.2. The third kappa shape index (κ3) is 3.10. The van der Waals surface area contributed by atoms with Gasteiger partial charge in [-0.05, 0) is 16.6 Å². The molecule has 1 N–H and O–H groups in total. The zero-order valence-corrected chi connectivity index (χ0v) is 11.7. The molecule has 0 aromatic heterocycles. The zero-order chi connectivity index (χ0) is 12.1. The van der Waals surface area contributed by atoms with Crippen LogP contribution in [0.5, 0.6) is 0 Å². The van der Waals surface area contributed by atoms with E-state index in [1.165, 1.54) is 6.21 Å². The molecule has 0 bridgehead atoms. The molecule has 0 saturated carbocycles. The van der Waals surface area contributed by atoms with E-state index in [9.17, 15) is 0 Å². The molecule has 0 fully saturated rings. The lowest BCUT2D eigenvalue weighted by atomic mass is 10.5. The molecule has 0 heterocycles. The fraction of sp³-hybridized carbons (Fsp3) is 0.750. The van der Waals surface area contributed by atoms with Crippen molar-refractivity contribution in [3.63, 3.8) is 0 Å². The lowest BCUT2D eigenvalue weighted by molar-refractivity contribution is 0.322. The minimum Gasteiger partial charge on any atom is -0.410 e. The van der Waals surface area contributed by atoms with Gasteiger partial charge >= 0.3 is 0 Å². The summed E-state index contributed by atoms with van der Waals surface area (Å²) in [7, 11) is -1.63. The van der Waals surface area contributed by atoms with Crippen molar-refractivity contribution in [3.8, 4) is 11.5 Å². The Balaban J connectivity index is 5.26. The molecule has 0 aliphatic heterocycles. The van der Waals surface area contributed by atoms with Crippen molar-refractivity contribution < 1.29 is 5.21 Å². The molecule has 0 aliphatic rings. The van der Waals surface area contributed by atoms with Crippen molar-refractivity contribution in [1.29, 1.82) is 0 Å². The molecule has 0 unspecified atom stereocenters. The predicted octanol–water partition coefficient (Wildman–Crippen LogP) is 3.67. The highest BCUT2D eigenvalue weighted by atomic mass is 28.3. The van der Waals surface area contributed by atoms with Crippen molar-refractivity contribution in [3.05, 3.63) is 0 Å². The average Bonchev–Trinajstić information content (AvgIpc) is 2.10. The van der Waals surface area contributed by atoms with Gasteiger partial charge in [-0.1, -0.05) is 52.6 Å². The molecular weight excluding hydrogens is 202 g/mol. The summed E-state index contributed by atoms with van der Waals surface area (Å²) >= 11 is 0. The molecule has 2 nitrogen and oxygen atoms in total. The molecule has 15 heavy (non-hydrogen) atoms. The number of nitrogens with zero attached hydrogens (tertiary/aromatic N) is 1. The molecule has 0 aromatic rings. The van der Waals surface area contributed by atoms with E-state index < -0.39 is 8.07 Å². The van der Waals surface area contributed by atoms with Gasteiger partial charge < -0.3 is 5.21 Å². The molecule has 0 atom stereocenters. The van der Waals surface area contributed by atoms with Gasteiger partial charge in [0.15, 0.2) is 0 Å². The summed E-state index contributed by atoms with van der Waals surface area (Å²) in [6.07, 6.45) is 1.29. The van der Waals surface area contributed by atoms with Crippen LogP contribution in [0.15, 0.2) is 5.16 Å². The number of oxime groups is 1. The molecule has 0 rings (SSSR count). The Bertz CT molecular complexity index is 249. The summed E-state index contributed by atoms with van der Waals surface area (Å²) in [5, 5.41) is 11.3. The number of hydrogen-bond acceptors (Lipinski definition) is 2. The van der Waals surface area contributed by atoms with Crippen LogP contribution in [0.3, 0.4) is 0 Å². The maximum absolute atomic E-state index is 8.36. The molecule has 0 aromatic carbocycles. The fourth-order valence-corrected chi connectivity index (χ4v) is 7.80. The Hall–Kier alpha value is -0.753. The largest absolute Gasteiger partial charge is 0.410 e. The van der Waals surface area contributed by atoms with Crippen molar-refractivity contribution in [2.75, 3.05) is 0 Å². The van der Waals surface area contributed by atoms with Gasteiger partial charge in [-0.15, -0.1) is 5.54 Å². The predicted molar refractivity (Wildman–Crippen MR) is 69.1 cm³/mol. The van der Waals surface area contributed by atoms with Crippen LogP contribution in [0.2, 0.25) is 16.6 Å². The first-order valence-electron chi connectivity index (χ1n) is 5.58. The van der Waals surface area contributed by atoms with Gasteiger partial charge in [0.05, 0.1) is 0 Å². The van der Waals surface area contributed by atoms with E-state index >= 15 is 0 Å². The first-order valence-corrected chi connectivity index (χ1v) is 7.81. The minimum absolute atomic E-state index is 0.622. The highest BCUT2D eigenvalue weighted by molar-refractivity contribution is 6.90. The highest BCUT2D eigenvalue weighted by Crippen LogP contribution is 2.40. The van der Waals surface area contributed by atoms with E-state index in [4.69, 9.17) is 5.21 Å². The van der Waals surface area contributed by atoms with E-state index in [0.29, 0.717) is 16.6 Å².